The number of aromatic nitrogens is 4. The minimum Gasteiger partial charge on any atom is -0.309 e. The van der Waals surface area contributed by atoms with E-state index in [-0.39, 0.29) is 0 Å². The number of hydrogen-bond donors (Lipinski definition) is 1. The zero-order valence-electron chi connectivity index (χ0n) is 12.2. The molecule has 3 heterocycles. The number of thiazole rings is 1. The first-order valence-electron chi connectivity index (χ1n) is 6.78. The predicted molar refractivity (Wildman–Crippen MR) is 85.9 cm³/mol. The SMILES string of the molecule is Cc1cnc(Sc2nc3sccn3c2CNC(C)C)nc1. The number of imidazole rings is 1. The van der Waals surface area contributed by atoms with E-state index in [2.05, 4.69) is 45.1 Å². The first kappa shape index (κ1) is 14.5. The van der Waals surface area contributed by atoms with Crippen LogP contribution in [-0.2, 0) is 6.54 Å². The second-order valence-electron chi connectivity index (χ2n) is 5.10. The van der Waals surface area contributed by atoms with Crippen molar-refractivity contribution < 1.29 is 0 Å². The highest BCUT2D eigenvalue weighted by Gasteiger charge is 2.15. The molecule has 0 bridgehead atoms. The zero-order chi connectivity index (χ0) is 14.8. The molecule has 0 spiro atoms. The van der Waals surface area contributed by atoms with Crippen molar-refractivity contribution in [1.82, 2.24) is 24.7 Å². The van der Waals surface area contributed by atoms with Gasteiger partial charge < -0.3 is 5.32 Å². The van der Waals surface area contributed by atoms with Crippen LogP contribution in [0.25, 0.3) is 4.96 Å². The van der Waals surface area contributed by atoms with Crippen molar-refractivity contribution in [3.63, 3.8) is 0 Å². The lowest BCUT2D eigenvalue weighted by molar-refractivity contribution is 0.574. The summed E-state index contributed by atoms with van der Waals surface area (Å²) in [5.41, 5.74) is 2.22. The molecule has 7 heteroatoms. The zero-order valence-corrected chi connectivity index (χ0v) is 13.8. The van der Waals surface area contributed by atoms with Gasteiger partial charge in [0.25, 0.3) is 0 Å². The summed E-state index contributed by atoms with van der Waals surface area (Å²) in [6.45, 7) is 7.05. The van der Waals surface area contributed by atoms with Crippen molar-refractivity contribution in [2.75, 3.05) is 0 Å². The van der Waals surface area contributed by atoms with Crippen molar-refractivity contribution in [2.45, 2.75) is 43.5 Å². The second-order valence-corrected chi connectivity index (χ2v) is 6.93. The van der Waals surface area contributed by atoms with Crippen LogP contribution < -0.4 is 5.32 Å². The largest absolute Gasteiger partial charge is 0.309 e. The van der Waals surface area contributed by atoms with Gasteiger partial charge in [0.15, 0.2) is 10.1 Å². The summed E-state index contributed by atoms with van der Waals surface area (Å²) >= 11 is 3.16. The van der Waals surface area contributed by atoms with Gasteiger partial charge in [-0.1, -0.05) is 13.8 Å². The van der Waals surface area contributed by atoms with E-state index in [1.165, 1.54) is 11.8 Å². The molecule has 0 radical (unpaired) electrons. The lowest BCUT2D eigenvalue weighted by Crippen LogP contribution is -2.22. The normalized spacial score (nSPS) is 11.6. The van der Waals surface area contributed by atoms with Crippen molar-refractivity contribution in [3.05, 3.63) is 35.2 Å². The molecule has 0 aromatic carbocycles. The van der Waals surface area contributed by atoms with Crippen molar-refractivity contribution >= 4 is 28.1 Å². The van der Waals surface area contributed by atoms with E-state index in [4.69, 9.17) is 4.98 Å². The first-order valence-corrected chi connectivity index (χ1v) is 8.47. The van der Waals surface area contributed by atoms with Crippen molar-refractivity contribution in [3.8, 4) is 0 Å². The number of hydrogen-bond acceptors (Lipinski definition) is 6. The molecular weight excluding hydrogens is 302 g/mol. The monoisotopic (exact) mass is 319 g/mol. The number of rotatable bonds is 5. The van der Waals surface area contributed by atoms with Crippen LogP contribution in [0.3, 0.4) is 0 Å². The van der Waals surface area contributed by atoms with Gasteiger partial charge in [-0.15, -0.1) is 11.3 Å². The van der Waals surface area contributed by atoms with Gasteiger partial charge in [-0.3, -0.25) is 4.40 Å². The van der Waals surface area contributed by atoms with Gasteiger partial charge in [-0.25, -0.2) is 15.0 Å². The molecule has 0 atom stereocenters. The van der Waals surface area contributed by atoms with Crippen LogP contribution >= 0.6 is 23.1 Å². The van der Waals surface area contributed by atoms with E-state index in [0.29, 0.717) is 6.04 Å². The van der Waals surface area contributed by atoms with E-state index in [0.717, 1.165) is 32.9 Å². The van der Waals surface area contributed by atoms with Crippen LogP contribution in [0.15, 0.2) is 34.2 Å². The Kier molecular flexibility index (Phi) is 4.23. The fourth-order valence-corrected chi connectivity index (χ4v) is 3.47. The van der Waals surface area contributed by atoms with Crippen LogP contribution in [0.1, 0.15) is 25.1 Å². The molecule has 21 heavy (non-hydrogen) atoms. The van der Waals surface area contributed by atoms with Gasteiger partial charge in [0.05, 0.1) is 5.69 Å². The molecule has 0 saturated heterocycles. The lowest BCUT2D eigenvalue weighted by atomic mass is 10.3. The molecular formula is C14H17N5S2. The minimum atomic E-state index is 0.433. The molecule has 3 aromatic rings. The average Bonchev–Trinajstić information content (AvgIpc) is 3.00. The number of nitrogens with one attached hydrogen (secondary N) is 1. The average molecular weight is 319 g/mol. The maximum atomic E-state index is 4.69. The smallest absolute Gasteiger partial charge is 0.194 e. The molecule has 0 aliphatic heterocycles. The molecule has 3 aromatic heterocycles. The van der Waals surface area contributed by atoms with Gasteiger partial charge in [0.2, 0.25) is 0 Å². The highest BCUT2D eigenvalue weighted by atomic mass is 32.2. The predicted octanol–water partition coefficient (Wildman–Crippen LogP) is 3.14. The number of fused-ring (bicyclic) bond motifs is 1. The van der Waals surface area contributed by atoms with Crippen molar-refractivity contribution in [1.29, 1.82) is 0 Å². The third-order valence-corrected chi connectivity index (χ3v) is 4.62. The van der Waals surface area contributed by atoms with Crippen LogP contribution in [0.4, 0.5) is 0 Å². The maximum Gasteiger partial charge on any atom is 0.194 e. The Bertz CT molecular complexity index is 729. The summed E-state index contributed by atoms with van der Waals surface area (Å²) in [6, 6.07) is 0.433. The number of aryl methyl sites for hydroxylation is 1. The highest BCUT2D eigenvalue weighted by molar-refractivity contribution is 7.99. The van der Waals surface area contributed by atoms with E-state index in [9.17, 15) is 0 Å². The third-order valence-electron chi connectivity index (χ3n) is 2.95. The molecule has 110 valence electrons. The Morgan fingerprint density at radius 3 is 2.81 bits per heavy atom. The Morgan fingerprint density at radius 2 is 2.10 bits per heavy atom. The Labute approximate surface area is 131 Å². The molecule has 0 aliphatic carbocycles. The molecule has 3 rings (SSSR count). The summed E-state index contributed by atoms with van der Waals surface area (Å²) in [5.74, 6) is 0. The topological polar surface area (TPSA) is 55.1 Å². The molecule has 5 nitrogen and oxygen atoms in total. The third kappa shape index (κ3) is 3.25. The van der Waals surface area contributed by atoms with E-state index >= 15 is 0 Å². The van der Waals surface area contributed by atoms with Gasteiger partial charge >= 0.3 is 0 Å². The Hall–Kier alpha value is -1.44. The summed E-state index contributed by atoms with van der Waals surface area (Å²) in [4.78, 5) is 14.4. The molecule has 0 unspecified atom stereocenters. The standard InChI is InChI=1S/C14H17N5S2/c1-9(2)15-8-11-12(18-14-19(11)4-5-20-14)21-13-16-6-10(3)7-17-13/h4-7,9,15H,8H2,1-3H3. The quantitative estimate of drug-likeness (QED) is 0.732. The van der Waals surface area contributed by atoms with Gasteiger partial charge in [0.1, 0.15) is 5.03 Å². The van der Waals surface area contributed by atoms with Crippen LogP contribution in [0.5, 0.6) is 0 Å². The molecule has 1 N–H and O–H groups in total. The van der Waals surface area contributed by atoms with Crippen LogP contribution in [0.2, 0.25) is 0 Å². The summed E-state index contributed by atoms with van der Waals surface area (Å²) < 4.78 is 2.14. The fraction of sp³-hybridized carbons (Fsp3) is 0.357. The maximum absolute atomic E-state index is 4.69. The minimum absolute atomic E-state index is 0.433. The van der Waals surface area contributed by atoms with Gasteiger partial charge in [-0.2, -0.15) is 0 Å². The lowest BCUT2D eigenvalue weighted by Gasteiger charge is -2.08. The van der Waals surface area contributed by atoms with E-state index < -0.39 is 0 Å². The Morgan fingerprint density at radius 1 is 1.33 bits per heavy atom. The summed E-state index contributed by atoms with van der Waals surface area (Å²) in [5, 5.41) is 7.21. The summed E-state index contributed by atoms with van der Waals surface area (Å²) in [7, 11) is 0. The van der Waals surface area contributed by atoms with E-state index in [1.54, 1.807) is 11.3 Å². The van der Waals surface area contributed by atoms with Crippen LogP contribution in [0, 0.1) is 6.92 Å². The van der Waals surface area contributed by atoms with Crippen molar-refractivity contribution in [2.24, 2.45) is 0 Å². The second kappa shape index (κ2) is 6.13. The van der Waals surface area contributed by atoms with Gasteiger partial charge in [-0.05, 0) is 24.2 Å². The first-order chi connectivity index (χ1) is 10.1. The van der Waals surface area contributed by atoms with E-state index in [1.807, 2.05) is 19.3 Å². The molecule has 0 saturated carbocycles. The van der Waals surface area contributed by atoms with Gasteiger partial charge in [0, 0.05) is 36.6 Å². The van der Waals surface area contributed by atoms with Crippen LogP contribution in [-0.4, -0.2) is 25.4 Å². The summed E-state index contributed by atoms with van der Waals surface area (Å²) in [6.07, 6.45) is 5.73. The molecule has 0 fully saturated rings. The number of nitrogens with zero attached hydrogens (tertiary/aromatic N) is 4. The molecule has 0 aliphatic rings. The Balaban J connectivity index is 1.91. The molecule has 0 amide bonds. The highest BCUT2D eigenvalue weighted by Crippen LogP contribution is 2.29. The fourth-order valence-electron chi connectivity index (χ4n) is 1.88.